The van der Waals surface area contributed by atoms with Gasteiger partial charge in [-0.3, -0.25) is 4.79 Å². The maximum atomic E-state index is 13.7. The maximum Gasteiger partial charge on any atom is 0.255 e. The van der Waals surface area contributed by atoms with Crippen LogP contribution in [0.1, 0.15) is 37.0 Å². The first-order chi connectivity index (χ1) is 9.49. The van der Waals surface area contributed by atoms with E-state index in [1.807, 2.05) is 0 Å². The Morgan fingerprint density at radius 3 is 2.60 bits per heavy atom. The van der Waals surface area contributed by atoms with Crippen LogP contribution in [-0.2, 0) is 0 Å². The number of likely N-dealkylation sites (tertiary alicyclic amines) is 1. The quantitative estimate of drug-likeness (QED) is 0.930. The van der Waals surface area contributed by atoms with E-state index < -0.39 is 11.7 Å². The predicted molar refractivity (Wildman–Crippen MR) is 78.6 cm³/mol. The van der Waals surface area contributed by atoms with Crippen LogP contribution in [0.2, 0.25) is 5.02 Å². The van der Waals surface area contributed by atoms with Crippen LogP contribution >= 0.6 is 11.6 Å². The minimum absolute atomic E-state index is 0.0551. The van der Waals surface area contributed by atoms with E-state index in [9.17, 15) is 9.18 Å². The minimum atomic E-state index is -0.574. The van der Waals surface area contributed by atoms with Crippen LogP contribution in [0.15, 0.2) is 18.2 Å². The van der Waals surface area contributed by atoms with Gasteiger partial charge >= 0.3 is 0 Å². The van der Waals surface area contributed by atoms with Crippen molar-refractivity contribution in [2.24, 2.45) is 0 Å². The molecular formula is C15H20ClFN2O. The van der Waals surface area contributed by atoms with Crippen molar-refractivity contribution in [3.8, 4) is 0 Å². The Morgan fingerprint density at radius 2 is 2.05 bits per heavy atom. The molecule has 1 aromatic carbocycles. The van der Waals surface area contributed by atoms with Crippen LogP contribution in [0.4, 0.5) is 4.39 Å². The molecule has 1 N–H and O–H groups in total. The summed E-state index contributed by atoms with van der Waals surface area (Å²) in [5.41, 5.74) is -0.0551. The third-order valence-corrected chi connectivity index (χ3v) is 4.10. The molecule has 0 aliphatic carbocycles. The highest BCUT2D eigenvalue weighted by atomic mass is 35.5. The summed E-state index contributed by atoms with van der Waals surface area (Å²) in [6.07, 6.45) is 1.77. The molecule has 2 rings (SSSR count). The Labute approximate surface area is 124 Å². The number of halogens is 2. The van der Waals surface area contributed by atoms with E-state index in [0.717, 1.165) is 25.9 Å². The molecule has 0 spiro atoms. The molecule has 0 aromatic heterocycles. The minimum Gasteiger partial charge on any atom is -0.349 e. The molecular weight excluding hydrogens is 279 g/mol. The molecule has 0 bridgehead atoms. The highest BCUT2D eigenvalue weighted by Gasteiger charge is 2.24. The van der Waals surface area contributed by atoms with Crippen LogP contribution in [-0.4, -0.2) is 36.0 Å². The first-order valence-electron chi connectivity index (χ1n) is 6.98. The van der Waals surface area contributed by atoms with Gasteiger partial charge in [0.2, 0.25) is 0 Å². The number of carbonyl (C=O) groups excluding carboxylic acids is 1. The first kappa shape index (κ1) is 15.3. The number of benzene rings is 1. The largest absolute Gasteiger partial charge is 0.349 e. The summed E-state index contributed by atoms with van der Waals surface area (Å²) in [6.45, 7) is 6.23. The monoisotopic (exact) mass is 298 g/mol. The SMILES string of the molecule is CC(C)N1CCC(NC(=O)c2c(F)cccc2Cl)CC1. The van der Waals surface area contributed by atoms with E-state index in [4.69, 9.17) is 11.6 Å². The van der Waals surface area contributed by atoms with E-state index in [0.29, 0.717) is 6.04 Å². The zero-order valence-corrected chi connectivity index (χ0v) is 12.6. The third-order valence-electron chi connectivity index (χ3n) is 3.78. The highest BCUT2D eigenvalue weighted by Crippen LogP contribution is 2.20. The van der Waals surface area contributed by atoms with E-state index >= 15 is 0 Å². The number of nitrogens with one attached hydrogen (secondary N) is 1. The standard InChI is InChI=1S/C15H20ClFN2O/c1-10(2)19-8-6-11(7-9-19)18-15(20)14-12(16)4-3-5-13(14)17/h3-5,10-11H,6-9H2,1-2H3,(H,18,20). The van der Waals surface area contributed by atoms with Gasteiger partial charge in [-0.25, -0.2) is 4.39 Å². The summed E-state index contributed by atoms with van der Waals surface area (Å²) in [7, 11) is 0. The van der Waals surface area contributed by atoms with E-state index in [1.165, 1.54) is 18.2 Å². The molecule has 1 aliphatic heterocycles. The molecule has 0 atom stereocenters. The topological polar surface area (TPSA) is 32.3 Å². The Bertz CT molecular complexity index is 465. The Morgan fingerprint density at radius 1 is 1.40 bits per heavy atom. The molecule has 1 amide bonds. The zero-order chi connectivity index (χ0) is 14.7. The second-order valence-electron chi connectivity index (χ2n) is 5.47. The fourth-order valence-corrected chi connectivity index (χ4v) is 2.78. The van der Waals surface area contributed by atoms with Gasteiger partial charge in [-0.05, 0) is 38.8 Å². The molecule has 1 saturated heterocycles. The van der Waals surface area contributed by atoms with Gasteiger partial charge in [-0.1, -0.05) is 17.7 Å². The normalized spacial score (nSPS) is 17.4. The van der Waals surface area contributed by atoms with Crippen molar-refractivity contribution >= 4 is 17.5 Å². The zero-order valence-electron chi connectivity index (χ0n) is 11.8. The molecule has 1 fully saturated rings. The number of amides is 1. The van der Waals surface area contributed by atoms with Crippen LogP contribution in [0.5, 0.6) is 0 Å². The molecule has 3 nitrogen and oxygen atoms in total. The smallest absolute Gasteiger partial charge is 0.255 e. The lowest BCUT2D eigenvalue weighted by Gasteiger charge is -2.34. The second-order valence-corrected chi connectivity index (χ2v) is 5.88. The second kappa shape index (κ2) is 6.55. The van der Waals surface area contributed by atoms with E-state index in [2.05, 4.69) is 24.1 Å². The summed E-state index contributed by atoms with van der Waals surface area (Å²) < 4.78 is 13.7. The van der Waals surface area contributed by atoms with Gasteiger partial charge in [0.1, 0.15) is 5.82 Å². The fraction of sp³-hybridized carbons (Fsp3) is 0.533. The Kier molecular flexibility index (Phi) is 5.00. The maximum absolute atomic E-state index is 13.7. The van der Waals surface area contributed by atoms with E-state index in [-0.39, 0.29) is 16.6 Å². The van der Waals surface area contributed by atoms with Crippen LogP contribution in [0.3, 0.4) is 0 Å². The van der Waals surface area contributed by atoms with Crippen molar-refractivity contribution < 1.29 is 9.18 Å². The third kappa shape index (κ3) is 3.49. The summed E-state index contributed by atoms with van der Waals surface area (Å²) in [4.78, 5) is 14.5. The van der Waals surface area contributed by atoms with Crippen molar-refractivity contribution in [1.82, 2.24) is 10.2 Å². The van der Waals surface area contributed by atoms with Gasteiger partial charge in [-0.15, -0.1) is 0 Å². The van der Waals surface area contributed by atoms with Gasteiger partial charge in [0.15, 0.2) is 0 Å². The molecule has 0 radical (unpaired) electrons. The van der Waals surface area contributed by atoms with Gasteiger partial charge < -0.3 is 10.2 Å². The summed E-state index contributed by atoms with van der Waals surface area (Å²) >= 11 is 5.90. The highest BCUT2D eigenvalue weighted by molar-refractivity contribution is 6.33. The fourth-order valence-electron chi connectivity index (χ4n) is 2.53. The van der Waals surface area contributed by atoms with Crippen LogP contribution in [0, 0.1) is 5.82 Å². The Hall–Kier alpha value is -1.13. The lowest BCUT2D eigenvalue weighted by Crippen LogP contribution is -2.46. The van der Waals surface area contributed by atoms with Gasteiger partial charge in [0.05, 0.1) is 10.6 Å². The van der Waals surface area contributed by atoms with Crippen LogP contribution < -0.4 is 5.32 Å². The average Bonchev–Trinajstić information content (AvgIpc) is 2.39. The number of hydrogen-bond donors (Lipinski definition) is 1. The summed E-state index contributed by atoms with van der Waals surface area (Å²) in [5.74, 6) is -0.995. The number of nitrogens with zero attached hydrogens (tertiary/aromatic N) is 1. The first-order valence-corrected chi connectivity index (χ1v) is 7.35. The molecule has 0 unspecified atom stereocenters. The summed E-state index contributed by atoms with van der Waals surface area (Å²) in [6, 6.07) is 4.89. The molecule has 20 heavy (non-hydrogen) atoms. The number of rotatable bonds is 3. The van der Waals surface area contributed by atoms with Crippen molar-refractivity contribution in [1.29, 1.82) is 0 Å². The van der Waals surface area contributed by atoms with Gasteiger partial charge in [0.25, 0.3) is 5.91 Å². The van der Waals surface area contributed by atoms with Crippen molar-refractivity contribution in [3.05, 3.63) is 34.6 Å². The number of piperidine rings is 1. The van der Waals surface area contributed by atoms with Crippen LogP contribution in [0.25, 0.3) is 0 Å². The molecule has 0 saturated carbocycles. The van der Waals surface area contributed by atoms with Gasteiger partial charge in [-0.2, -0.15) is 0 Å². The molecule has 1 aromatic rings. The number of hydrogen-bond acceptors (Lipinski definition) is 2. The van der Waals surface area contributed by atoms with Crippen molar-refractivity contribution in [2.75, 3.05) is 13.1 Å². The molecule has 110 valence electrons. The Balaban J connectivity index is 1.96. The molecule has 5 heteroatoms. The van der Waals surface area contributed by atoms with Crippen molar-refractivity contribution in [2.45, 2.75) is 38.8 Å². The predicted octanol–water partition coefficient (Wildman–Crippen LogP) is 3.08. The molecule has 1 heterocycles. The van der Waals surface area contributed by atoms with E-state index in [1.54, 1.807) is 0 Å². The number of carbonyl (C=O) groups is 1. The van der Waals surface area contributed by atoms with Crippen molar-refractivity contribution in [3.63, 3.8) is 0 Å². The lowest BCUT2D eigenvalue weighted by atomic mass is 10.0. The summed E-state index contributed by atoms with van der Waals surface area (Å²) in [5, 5.41) is 3.04. The van der Waals surface area contributed by atoms with Gasteiger partial charge in [0, 0.05) is 25.2 Å². The lowest BCUT2D eigenvalue weighted by molar-refractivity contribution is 0.0897. The average molecular weight is 299 g/mol. The molecule has 1 aliphatic rings.